The van der Waals surface area contributed by atoms with Crippen molar-refractivity contribution in [3.05, 3.63) is 53.1 Å². The van der Waals surface area contributed by atoms with E-state index in [0.717, 1.165) is 30.0 Å². The molecule has 0 spiro atoms. The van der Waals surface area contributed by atoms with Gasteiger partial charge in [0, 0.05) is 43.1 Å². The molecule has 26 heavy (non-hydrogen) atoms. The number of anilines is 3. The van der Waals surface area contributed by atoms with Gasteiger partial charge in [0.1, 0.15) is 0 Å². The molecule has 0 bridgehead atoms. The molecule has 2 N–H and O–H groups in total. The Hall–Kier alpha value is -2.49. The molecule has 4 nitrogen and oxygen atoms in total. The van der Waals surface area contributed by atoms with Gasteiger partial charge < -0.3 is 15.5 Å². The van der Waals surface area contributed by atoms with Crippen molar-refractivity contribution in [3.63, 3.8) is 0 Å². The summed E-state index contributed by atoms with van der Waals surface area (Å²) in [5.74, 6) is 0.0311. The minimum Gasteiger partial charge on any atom is -0.384 e. The Morgan fingerprint density at radius 3 is 2.35 bits per heavy atom. The third-order valence-corrected chi connectivity index (χ3v) is 4.88. The second-order valence-corrected chi connectivity index (χ2v) is 6.64. The van der Waals surface area contributed by atoms with Gasteiger partial charge in [-0.15, -0.1) is 0 Å². The van der Waals surface area contributed by atoms with Crippen LogP contribution < -0.4 is 15.5 Å². The number of rotatable bonds is 8. The largest absolute Gasteiger partial charge is 0.384 e. The minimum absolute atomic E-state index is 0.0311. The Morgan fingerprint density at radius 2 is 1.69 bits per heavy atom. The average Bonchev–Trinajstić information content (AvgIpc) is 2.62. The monoisotopic (exact) mass is 353 g/mol. The van der Waals surface area contributed by atoms with Gasteiger partial charge in [-0.1, -0.05) is 12.1 Å². The number of nitrogens with one attached hydrogen (secondary N) is 2. The van der Waals surface area contributed by atoms with Crippen molar-refractivity contribution in [2.24, 2.45) is 0 Å². The highest BCUT2D eigenvalue weighted by molar-refractivity contribution is 5.92. The Morgan fingerprint density at radius 1 is 0.962 bits per heavy atom. The fraction of sp³-hybridized carbons (Fsp3) is 0.409. The maximum atomic E-state index is 12.2. The average molecular weight is 354 g/mol. The number of carbonyl (C=O) groups excluding carboxylic acids is 1. The third kappa shape index (κ3) is 5.01. The van der Waals surface area contributed by atoms with Crippen LogP contribution in [0.25, 0.3) is 0 Å². The number of hydrogen-bond acceptors (Lipinski definition) is 3. The zero-order valence-corrected chi connectivity index (χ0v) is 16.6. The first kappa shape index (κ1) is 19.8. The van der Waals surface area contributed by atoms with Crippen molar-refractivity contribution < 1.29 is 4.79 Å². The molecular weight excluding hydrogens is 322 g/mol. The van der Waals surface area contributed by atoms with Crippen LogP contribution in [0.2, 0.25) is 0 Å². The lowest BCUT2D eigenvalue weighted by atomic mass is 10.1. The minimum atomic E-state index is 0.0311. The van der Waals surface area contributed by atoms with E-state index < -0.39 is 0 Å². The van der Waals surface area contributed by atoms with Crippen molar-refractivity contribution >= 4 is 23.0 Å². The summed E-state index contributed by atoms with van der Waals surface area (Å²) in [6.45, 7) is 13.1. The standard InChI is InChI=1S/C22H31N3O/c1-6-25(7-2)19-11-12-20(17(4)15-19)23-14-13-22(26)24-21-10-8-9-16(3)18(21)5/h8-12,15,23H,6-7,13-14H2,1-5H3,(H,24,26). The van der Waals surface area contributed by atoms with Crippen LogP contribution in [0, 0.1) is 20.8 Å². The first-order valence-electron chi connectivity index (χ1n) is 9.41. The fourth-order valence-electron chi connectivity index (χ4n) is 3.04. The zero-order chi connectivity index (χ0) is 19.1. The topological polar surface area (TPSA) is 44.4 Å². The molecule has 0 aliphatic rings. The van der Waals surface area contributed by atoms with E-state index in [1.54, 1.807) is 0 Å². The maximum absolute atomic E-state index is 12.2. The number of carbonyl (C=O) groups is 1. The summed E-state index contributed by atoms with van der Waals surface area (Å²) in [5, 5.41) is 6.38. The number of aryl methyl sites for hydroxylation is 2. The summed E-state index contributed by atoms with van der Waals surface area (Å²) in [6, 6.07) is 12.4. The first-order chi connectivity index (χ1) is 12.5. The molecule has 140 valence electrons. The summed E-state index contributed by atoms with van der Waals surface area (Å²) in [6.07, 6.45) is 0.435. The lowest BCUT2D eigenvalue weighted by Gasteiger charge is -2.22. The highest BCUT2D eigenvalue weighted by Gasteiger charge is 2.08. The first-order valence-corrected chi connectivity index (χ1v) is 9.41. The highest BCUT2D eigenvalue weighted by Crippen LogP contribution is 2.23. The predicted octanol–water partition coefficient (Wildman–Crippen LogP) is 4.90. The number of nitrogens with zero attached hydrogens (tertiary/aromatic N) is 1. The molecule has 0 saturated heterocycles. The summed E-state index contributed by atoms with van der Waals surface area (Å²) in [5.41, 5.74) is 6.73. The SMILES string of the molecule is CCN(CC)c1ccc(NCCC(=O)Nc2cccc(C)c2C)c(C)c1. The molecular formula is C22H31N3O. The van der Waals surface area contributed by atoms with E-state index in [-0.39, 0.29) is 5.91 Å². The van der Waals surface area contributed by atoms with Crippen LogP contribution in [-0.2, 0) is 4.79 Å². The van der Waals surface area contributed by atoms with E-state index in [4.69, 9.17) is 0 Å². The molecule has 2 aromatic rings. The number of hydrogen-bond donors (Lipinski definition) is 2. The molecule has 2 rings (SSSR count). The van der Waals surface area contributed by atoms with Crippen molar-refractivity contribution in [2.45, 2.75) is 41.0 Å². The molecule has 0 heterocycles. The summed E-state index contributed by atoms with van der Waals surface area (Å²) in [4.78, 5) is 14.5. The fourth-order valence-corrected chi connectivity index (χ4v) is 3.04. The van der Waals surface area contributed by atoms with Gasteiger partial charge in [-0.25, -0.2) is 0 Å². The molecule has 0 aromatic heterocycles. The number of amides is 1. The highest BCUT2D eigenvalue weighted by atomic mass is 16.1. The van der Waals surface area contributed by atoms with Gasteiger partial charge in [0.2, 0.25) is 5.91 Å². The van der Waals surface area contributed by atoms with E-state index in [1.807, 2.05) is 19.1 Å². The van der Waals surface area contributed by atoms with Crippen molar-refractivity contribution in [2.75, 3.05) is 35.2 Å². The molecule has 0 fully saturated rings. The zero-order valence-electron chi connectivity index (χ0n) is 16.6. The molecule has 0 unspecified atom stereocenters. The Labute approximate surface area is 157 Å². The van der Waals surface area contributed by atoms with Gasteiger partial charge in [0.05, 0.1) is 0 Å². The van der Waals surface area contributed by atoms with Gasteiger partial charge in [-0.2, -0.15) is 0 Å². The summed E-state index contributed by atoms with van der Waals surface area (Å²) >= 11 is 0. The normalized spacial score (nSPS) is 10.5. The van der Waals surface area contributed by atoms with Crippen molar-refractivity contribution in [1.82, 2.24) is 0 Å². The van der Waals surface area contributed by atoms with Crippen LogP contribution in [0.15, 0.2) is 36.4 Å². The maximum Gasteiger partial charge on any atom is 0.226 e. The molecule has 0 aliphatic carbocycles. The lowest BCUT2D eigenvalue weighted by molar-refractivity contribution is -0.115. The van der Waals surface area contributed by atoms with E-state index in [1.165, 1.54) is 16.8 Å². The van der Waals surface area contributed by atoms with Crippen molar-refractivity contribution in [3.8, 4) is 0 Å². The second kappa shape index (κ2) is 9.27. The molecule has 0 saturated carbocycles. The summed E-state index contributed by atoms with van der Waals surface area (Å²) in [7, 11) is 0. The van der Waals surface area contributed by atoms with Crippen LogP contribution in [0.3, 0.4) is 0 Å². The van der Waals surface area contributed by atoms with Gasteiger partial charge in [-0.3, -0.25) is 4.79 Å². The summed E-state index contributed by atoms with van der Waals surface area (Å²) < 4.78 is 0. The lowest BCUT2D eigenvalue weighted by Crippen LogP contribution is -2.22. The van der Waals surface area contributed by atoms with Crippen molar-refractivity contribution in [1.29, 1.82) is 0 Å². The molecule has 2 aromatic carbocycles. The van der Waals surface area contributed by atoms with E-state index in [0.29, 0.717) is 13.0 Å². The predicted molar refractivity (Wildman–Crippen MR) is 112 cm³/mol. The molecule has 0 atom stereocenters. The second-order valence-electron chi connectivity index (χ2n) is 6.64. The Bertz CT molecular complexity index is 751. The van der Waals surface area contributed by atoms with Crippen LogP contribution in [0.1, 0.15) is 37.0 Å². The van der Waals surface area contributed by atoms with E-state index >= 15 is 0 Å². The van der Waals surface area contributed by atoms with Crippen LogP contribution in [0.4, 0.5) is 17.1 Å². The van der Waals surface area contributed by atoms with Crippen LogP contribution in [0.5, 0.6) is 0 Å². The van der Waals surface area contributed by atoms with Gasteiger partial charge in [-0.05, 0) is 75.6 Å². The van der Waals surface area contributed by atoms with E-state index in [2.05, 4.69) is 67.5 Å². The molecule has 1 amide bonds. The quantitative estimate of drug-likeness (QED) is 0.709. The van der Waals surface area contributed by atoms with Gasteiger partial charge in [0.25, 0.3) is 0 Å². The molecule has 0 aliphatic heterocycles. The Kier molecular flexibility index (Phi) is 7.07. The smallest absolute Gasteiger partial charge is 0.226 e. The Balaban J connectivity index is 1.89. The van der Waals surface area contributed by atoms with Crippen LogP contribution >= 0.6 is 0 Å². The molecule has 0 radical (unpaired) electrons. The van der Waals surface area contributed by atoms with E-state index in [9.17, 15) is 4.79 Å². The van der Waals surface area contributed by atoms with Gasteiger partial charge >= 0.3 is 0 Å². The number of benzene rings is 2. The molecule has 4 heteroatoms. The van der Waals surface area contributed by atoms with Crippen LogP contribution in [-0.4, -0.2) is 25.5 Å². The third-order valence-electron chi connectivity index (χ3n) is 4.88. The van der Waals surface area contributed by atoms with Gasteiger partial charge in [0.15, 0.2) is 0 Å².